The normalized spacial score (nSPS) is 10.9. The van der Waals surface area contributed by atoms with Crippen LogP contribution >= 0.6 is 23.6 Å². The lowest BCUT2D eigenvalue weighted by Gasteiger charge is -2.17. The molecule has 2 heterocycles. The van der Waals surface area contributed by atoms with Crippen molar-refractivity contribution in [3.63, 3.8) is 0 Å². The minimum Gasteiger partial charge on any atom is -0.388 e. The zero-order valence-electron chi connectivity index (χ0n) is 11.0. The van der Waals surface area contributed by atoms with E-state index in [0.717, 1.165) is 24.3 Å². The number of hydrogen-bond donors (Lipinski definition) is 1. The van der Waals surface area contributed by atoms with Gasteiger partial charge < -0.3 is 5.73 Å². The van der Waals surface area contributed by atoms with Crippen molar-refractivity contribution in [2.24, 2.45) is 5.73 Å². The summed E-state index contributed by atoms with van der Waals surface area (Å²) in [6.07, 6.45) is 1.71. The van der Waals surface area contributed by atoms with E-state index in [1.54, 1.807) is 17.5 Å². The molecule has 0 spiro atoms. The van der Waals surface area contributed by atoms with Gasteiger partial charge in [0.15, 0.2) is 0 Å². The monoisotopic (exact) mass is 292 g/mol. The third-order valence-corrected chi connectivity index (χ3v) is 3.94. The number of thiazole rings is 1. The summed E-state index contributed by atoms with van der Waals surface area (Å²) >= 11 is 6.71. The van der Waals surface area contributed by atoms with Crippen molar-refractivity contribution >= 4 is 28.5 Å². The first-order valence-electron chi connectivity index (χ1n) is 5.89. The highest BCUT2D eigenvalue weighted by Gasteiger charge is 2.10. The summed E-state index contributed by atoms with van der Waals surface area (Å²) in [6.45, 7) is 3.66. The zero-order chi connectivity index (χ0) is 13.8. The smallest absolute Gasteiger partial charge is 0.123 e. The van der Waals surface area contributed by atoms with Crippen LogP contribution in [0.4, 0.5) is 0 Å². The predicted octanol–water partition coefficient (Wildman–Crippen LogP) is 2.11. The van der Waals surface area contributed by atoms with Crippen molar-refractivity contribution in [1.82, 2.24) is 14.9 Å². The molecular weight excluding hydrogens is 276 g/mol. The van der Waals surface area contributed by atoms with Crippen LogP contribution in [0, 0.1) is 6.92 Å². The maximum Gasteiger partial charge on any atom is 0.123 e. The Bertz CT molecular complexity index is 580. The van der Waals surface area contributed by atoms with E-state index in [9.17, 15) is 0 Å². The molecule has 0 aliphatic rings. The van der Waals surface area contributed by atoms with Crippen molar-refractivity contribution in [3.8, 4) is 0 Å². The SMILES string of the molecule is Cc1ncsc1CN(C)Cc1cccnc1C(N)=S. The van der Waals surface area contributed by atoms with Gasteiger partial charge >= 0.3 is 0 Å². The van der Waals surface area contributed by atoms with Gasteiger partial charge in [-0.05, 0) is 25.6 Å². The molecule has 0 unspecified atom stereocenters. The maximum atomic E-state index is 5.69. The average molecular weight is 292 g/mol. The van der Waals surface area contributed by atoms with Crippen LogP contribution in [0.25, 0.3) is 0 Å². The molecule has 0 aliphatic heterocycles. The lowest BCUT2D eigenvalue weighted by atomic mass is 10.2. The minimum absolute atomic E-state index is 0.345. The van der Waals surface area contributed by atoms with Gasteiger partial charge in [0.25, 0.3) is 0 Å². The average Bonchev–Trinajstić information content (AvgIpc) is 2.75. The van der Waals surface area contributed by atoms with Crippen LogP contribution in [-0.2, 0) is 13.1 Å². The first kappa shape index (κ1) is 14.0. The maximum absolute atomic E-state index is 5.69. The van der Waals surface area contributed by atoms with Crippen molar-refractivity contribution in [2.75, 3.05) is 7.05 Å². The highest BCUT2D eigenvalue weighted by molar-refractivity contribution is 7.80. The molecule has 19 heavy (non-hydrogen) atoms. The van der Waals surface area contributed by atoms with Crippen LogP contribution in [0.3, 0.4) is 0 Å². The second kappa shape index (κ2) is 6.18. The van der Waals surface area contributed by atoms with E-state index in [1.807, 2.05) is 24.6 Å². The summed E-state index contributed by atoms with van der Waals surface area (Å²) in [4.78, 5) is 12.3. The Morgan fingerprint density at radius 1 is 1.42 bits per heavy atom. The van der Waals surface area contributed by atoms with Crippen LogP contribution in [0.15, 0.2) is 23.8 Å². The number of thiocarbonyl (C=S) groups is 1. The molecule has 0 radical (unpaired) electrons. The van der Waals surface area contributed by atoms with Crippen LogP contribution < -0.4 is 5.73 Å². The van der Waals surface area contributed by atoms with Crippen molar-refractivity contribution < 1.29 is 0 Å². The van der Waals surface area contributed by atoms with Crippen molar-refractivity contribution in [3.05, 3.63) is 45.7 Å². The van der Waals surface area contributed by atoms with Gasteiger partial charge in [0.05, 0.1) is 11.2 Å². The number of rotatable bonds is 5. The lowest BCUT2D eigenvalue weighted by Crippen LogP contribution is -2.21. The molecule has 0 amide bonds. The van der Waals surface area contributed by atoms with Crippen LogP contribution in [-0.4, -0.2) is 26.9 Å². The van der Waals surface area contributed by atoms with Gasteiger partial charge in [-0.3, -0.25) is 9.88 Å². The first-order chi connectivity index (χ1) is 9.08. The van der Waals surface area contributed by atoms with E-state index in [-0.39, 0.29) is 0 Å². The van der Waals surface area contributed by atoms with Crippen molar-refractivity contribution in [1.29, 1.82) is 0 Å². The van der Waals surface area contributed by atoms with Gasteiger partial charge in [-0.1, -0.05) is 18.3 Å². The molecule has 0 bridgehead atoms. The molecular formula is C13H16N4S2. The summed E-state index contributed by atoms with van der Waals surface area (Å²) < 4.78 is 0. The largest absolute Gasteiger partial charge is 0.388 e. The number of nitrogens with two attached hydrogens (primary N) is 1. The first-order valence-corrected chi connectivity index (χ1v) is 7.18. The molecule has 0 aromatic carbocycles. The Hall–Kier alpha value is -1.37. The number of nitrogens with zero attached hydrogens (tertiary/aromatic N) is 3. The number of hydrogen-bond acceptors (Lipinski definition) is 5. The number of aromatic nitrogens is 2. The minimum atomic E-state index is 0.345. The van der Waals surface area contributed by atoms with Gasteiger partial charge in [0.1, 0.15) is 10.7 Å². The topological polar surface area (TPSA) is 55.0 Å². The zero-order valence-corrected chi connectivity index (χ0v) is 12.6. The molecule has 0 fully saturated rings. The Labute approximate surface area is 122 Å². The fourth-order valence-electron chi connectivity index (χ4n) is 1.86. The molecule has 6 heteroatoms. The lowest BCUT2D eigenvalue weighted by molar-refractivity contribution is 0.320. The standard InChI is InChI=1S/C13H16N4S2/c1-9-11(19-8-16-9)7-17(2)6-10-4-3-5-15-12(10)13(14)18/h3-5,8H,6-7H2,1-2H3,(H2,14,18). The van der Waals surface area contributed by atoms with Crippen LogP contribution in [0.2, 0.25) is 0 Å². The fourth-order valence-corrected chi connectivity index (χ4v) is 2.90. The predicted molar refractivity (Wildman–Crippen MR) is 82.1 cm³/mol. The molecule has 2 aromatic rings. The molecule has 0 saturated carbocycles. The van der Waals surface area contributed by atoms with Gasteiger partial charge in [0.2, 0.25) is 0 Å². The number of pyridine rings is 1. The number of aryl methyl sites for hydroxylation is 1. The van der Waals surface area contributed by atoms with Gasteiger partial charge in [0, 0.05) is 24.2 Å². The highest BCUT2D eigenvalue weighted by atomic mass is 32.1. The van der Waals surface area contributed by atoms with Crippen molar-refractivity contribution in [2.45, 2.75) is 20.0 Å². The molecule has 4 nitrogen and oxygen atoms in total. The second-order valence-corrected chi connectivity index (χ2v) is 5.79. The third-order valence-electron chi connectivity index (χ3n) is 2.82. The molecule has 2 rings (SSSR count). The summed E-state index contributed by atoms with van der Waals surface area (Å²) in [5, 5.41) is 0. The van der Waals surface area contributed by atoms with Crippen LogP contribution in [0.1, 0.15) is 21.8 Å². The van der Waals surface area contributed by atoms with E-state index in [4.69, 9.17) is 18.0 Å². The Kier molecular flexibility index (Phi) is 4.57. The van der Waals surface area contributed by atoms with E-state index in [0.29, 0.717) is 10.7 Å². The molecule has 0 aliphatic carbocycles. The summed E-state index contributed by atoms with van der Waals surface area (Å²) in [5.41, 5.74) is 10.4. The van der Waals surface area contributed by atoms with Crippen LogP contribution in [0.5, 0.6) is 0 Å². The summed E-state index contributed by atoms with van der Waals surface area (Å²) in [7, 11) is 2.06. The van der Waals surface area contributed by atoms with E-state index in [2.05, 4.69) is 21.9 Å². The Morgan fingerprint density at radius 3 is 2.84 bits per heavy atom. The molecule has 0 saturated heterocycles. The summed E-state index contributed by atoms with van der Waals surface area (Å²) in [5.74, 6) is 0. The quantitative estimate of drug-likeness (QED) is 0.855. The highest BCUT2D eigenvalue weighted by Crippen LogP contribution is 2.16. The van der Waals surface area contributed by atoms with E-state index >= 15 is 0 Å². The Balaban J connectivity index is 2.09. The molecule has 100 valence electrons. The van der Waals surface area contributed by atoms with E-state index < -0.39 is 0 Å². The fraction of sp³-hybridized carbons (Fsp3) is 0.308. The van der Waals surface area contributed by atoms with Gasteiger partial charge in [-0.25, -0.2) is 4.98 Å². The summed E-state index contributed by atoms with van der Waals surface area (Å²) in [6, 6.07) is 3.92. The molecule has 0 atom stereocenters. The Morgan fingerprint density at radius 2 is 2.21 bits per heavy atom. The second-order valence-electron chi connectivity index (χ2n) is 4.41. The molecule has 2 aromatic heterocycles. The van der Waals surface area contributed by atoms with Gasteiger partial charge in [-0.15, -0.1) is 11.3 Å². The third kappa shape index (κ3) is 3.56. The van der Waals surface area contributed by atoms with Gasteiger partial charge in [-0.2, -0.15) is 0 Å². The molecule has 2 N–H and O–H groups in total. The van der Waals surface area contributed by atoms with E-state index in [1.165, 1.54) is 4.88 Å².